The molecule has 88 valence electrons. The summed E-state index contributed by atoms with van der Waals surface area (Å²) in [6.45, 7) is 0. The third-order valence-electron chi connectivity index (χ3n) is 1.84. The van der Waals surface area contributed by atoms with E-state index >= 15 is 0 Å². The number of rotatable bonds is 4. The minimum atomic E-state index is -2.90. The van der Waals surface area contributed by atoms with Gasteiger partial charge in [0.15, 0.2) is 0 Å². The van der Waals surface area contributed by atoms with E-state index in [0.717, 1.165) is 0 Å². The molecule has 2 atom stereocenters. The van der Waals surface area contributed by atoms with Gasteiger partial charge in [0.25, 0.3) is 0 Å². The van der Waals surface area contributed by atoms with Crippen LogP contribution in [-0.4, -0.2) is 25.9 Å². The van der Waals surface area contributed by atoms with Gasteiger partial charge in [-0.2, -0.15) is 0 Å². The second kappa shape index (κ2) is 5.59. The molecule has 0 saturated carbocycles. The van der Waals surface area contributed by atoms with Gasteiger partial charge in [-0.3, -0.25) is 0 Å². The summed E-state index contributed by atoms with van der Waals surface area (Å²) in [5.74, 6) is -0.915. The lowest BCUT2D eigenvalue weighted by molar-refractivity contribution is -0.135. The Morgan fingerprint density at radius 1 is 1.50 bits per heavy atom. The summed E-state index contributed by atoms with van der Waals surface area (Å²) in [4.78, 5) is 11.0. The third-order valence-corrected chi connectivity index (χ3v) is 2.15. The molecule has 0 aliphatic rings. The maximum absolute atomic E-state index is 11.0. The Balaban J connectivity index is 2.57. The Kier molecular flexibility index (Phi) is 4.41. The molecule has 3 N–H and O–H groups in total. The molecule has 0 aromatic heterocycles. The molecule has 1 unspecified atom stereocenters. The van der Waals surface area contributed by atoms with Crippen LogP contribution in [0.25, 0.3) is 0 Å². The van der Waals surface area contributed by atoms with Crippen molar-refractivity contribution in [1.29, 1.82) is 0 Å². The lowest BCUT2D eigenvalue weighted by Gasteiger charge is -2.11. The van der Waals surface area contributed by atoms with E-state index < -0.39 is 23.4 Å². The molecule has 1 aromatic carbocycles. The summed E-state index contributed by atoms with van der Waals surface area (Å²) in [6.07, 6.45) is 0.135. The molecule has 0 bridgehead atoms. The molecule has 0 saturated heterocycles. The van der Waals surface area contributed by atoms with Crippen LogP contribution in [0.2, 0.25) is 0 Å². The second-order valence-electron chi connectivity index (χ2n) is 3.08. The van der Waals surface area contributed by atoms with Gasteiger partial charge in [0.2, 0.25) is 0 Å². The highest BCUT2D eigenvalue weighted by Crippen LogP contribution is 2.11. The van der Waals surface area contributed by atoms with Crippen LogP contribution in [0.3, 0.4) is 0 Å². The van der Waals surface area contributed by atoms with E-state index in [0.29, 0.717) is 5.56 Å². The van der Waals surface area contributed by atoms with Crippen LogP contribution in [0.5, 0.6) is 5.75 Å². The first kappa shape index (κ1) is 12.6. The van der Waals surface area contributed by atoms with Gasteiger partial charge in [0.1, 0.15) is 23.2 Å². The minimum Gasteiger partial charge on any atom is -0.740 e. The predicted molar refractivity (Wildman–Crippen MR) is 54.8 cm³/mol. The molecule has 16 heavy (non-hydrogen) atoms. The van der Waals surface area contributed by atoms with Crippen molar-refractivity contribution in [1.82, 2.24) is 0 Å². The molecule has 0 aliphatic heterocycles. The molecule has 0 amide bonds. The summed E-state index contributed by atoms with van der Waals surface area (Å²) in [7, 11) is 0. The van der Waals surface area contributed by atoms with Gasteiger partial charge in [-0.1, -0.05) is 12.1 Å². The van der Waals surface area contributed by atoms with Crippen molar-refractivity contribution in [2.24, 2.45) is 5.73 Å². The molecule has 0 heterocycles. The number of carbonyl (C=O) groups excluding carboxylic acids is 1. The van der Waals surface area contributed by atoms with Gasteiger partial charge in [0, 0.05) is 0 Å². The molecule has 7 heteroatoms. The van der Waals surface area contributed by atoms with Crippen LogP contribution >= 0.6 is 0 Å². The van der Waals surface area contributed by atoms with Crippen molar-refractivity contribution < 1.29 is 22.8 Å². The van der Waals surface area contributed by atoms with E-state index in [2.05, 4.69) is 4.18 Å². The first-order valence-electron chi connectivity index (χ1n) is 4.34. The lowest BCUT2D eigenvalue weighted by atomic mass is 10.1. The zero-order valence-electron chi connectivity index (χ0n) is 8.16. The summed E-state index contributed by atoms with van der Waals surface area (Å²) in [6, 6.07) is 4.99. The average Bonchev–Trinajstić information content (AvgIpc) is 2.20. The zero-order valence-corrected chi connectivity index (χ0v) is 8.98. The van der Waals surface area contributed by atoms with E-state index in [1.807, 2.05) is 0 Å². The van der Waals surface area contributed by atoms with Crippen LogP contribution in [0, 0.1) is 0 Å². The minimum absolute atomic E-state index is 0.0977. The smallest absolute Gasteiger partial charge is 0.336 e. The fraction of sp³-hybridized carbons (Fsp3) is 0.222. The molecular formula is C9H10NO5S-. The van der Waals surface area contributed by atoms with E-state index in [4.69, 9.17) is 10.8 Å². The van der Waals surface area contributed by atoms with Crippen molar-refractivity contribution in [2.45, 2.75) is 12.5 Å². The van der Waals surface area contributed by atoms with Crippen LogP contribution in [0.1, 0.15) is 5.56 Å². The summed E-state index contributed by atoms with van der Waals surface area (Å²) in [5.41, 5.74) is 6.12. The molecular weight excluding hydrogens is 234 g/mol. The Morgan fingerprint density at radius 3 is 2.56 bits per heavy atom. The highest BCUT2D eigenvalue weighted by molar-refractivity contribution is 7.74. The second-order valence-corrected chi connectivity index (χ2v) is 3.66. The quantitative estimate of drug-likeness (QED) is 0.697. The van der Waals surface area contributed by atoms with E-state index in [9.17, 15) is 13.6 Å². The van der Waals surface area contributed by atoms with Crippen molar-refractivity contribution in [2.75, 3.05) is 0 Å². The molecule has 0 radical (unpaired) electrons. The summed E-state index contributed by atoms with van der Waals surface area (Å²) < 4.78 is 24.1. The Hall–Kier alpha value is -1.44. The van der Waals surface area contributed by atoms with Gasteiger partial charge in [-0.05, 0) is 24.1 Å². The van der Waals surface area contributed by atoms with E-state index in [-0.39, 0.29) is 12.2 Å². The van der Waals surface area contributed by atoms with E-state index in [1.165, 1.54) is 12.1 Å². The number of phenols is 1. The Bertz CT molecular complexity index is 391. The number of aromatic hydroxyl groups is 1. The largest absolute Gasteiger partial charge is 0.740 e. The number of nitrogens with two attached hydrogens (primary N) is 1. The van der Waals surface area contributed by atoms with Gasteiger partial charge in [0.05, 0.1) is 0 Å². The number of carbonyl (C=O) groups is 1. The first-order valence-corrected chi connectivity index (χ1v) is 5.34. The topological polar surface area (TPSA) is 113 Å². The average molecular weight is 244 g/mol. The van der Waals surface area contributed by atoms with Crippen LogP contribution in [0.4, 0.5) is 0 Å². The van der Waals surface area contributed by atoms with Crippen LogP contribution < -0.4 is 5.73 Å². The Morgan fingerprint density at radius 2 is 2.06 bits per heavy atom. The molecule has 6 nitrogen and oxygen atoms in total. The van der Waals surface area contributed by atoms with Crippen LogP contribution in [-0.2, 0) is 26.8 Å². The first-order chi connectivity index (χ1) is 7.49. The highest BCUT2D eigenvalue weighted by atomic mass is 32.2. The normalized spacial score (nSPS) is 14.1. The standard InChI is InChI=1S/C9H11NO5S/c10-8(9(12)15-16(13)14)5-6-1-3-7(11)4-2-6/h1-4,8,11H,5,10H2,(H,13,14)/p-1/t8-/m0/s1. The van der Waals surface area contributed by atoms with Gasteiger partial charge < -0.3 is 19.6 Å². The number of hydrogen-bond acceptors (Lipinski definition) is 6. The maximum atomic E-state index is 11.0. The van der Waals surface area contributed by atoms with Crippen molar-refractivity contribution in [3.8, 4) is 5.75 Å². The van der Waals surface area contributed by atoms with Gasteiger partial charge in [-0.25, -0.2) is 9.00 Å². The number of phenolic OH excluding ortho intramolecular Hbond substituents is 1. The molecule has 0 aliphatic carbocycles. The molecule has 1 rings (SSSR count). The lowest BCUT2D eigenvalue weighted by Crippen LogP contribution is -2.34. The zero-order chi connectivity index (χ0) is 12.1. The van der Waals surface area contributed by atoms with Gasteiger partial charge in [-0.15, -0.1) is 0 Å². The summed E-state index contributed by atoms with van der Waals surface area (Å²) >= 11 is -2.90. The fourth-order valence-corrected chi connectivity index (χ4v) is 1.36. The van der Waals surface area contributed by atoms with Crippen LogP contribution in [0.15, 0.2) is 24.3 Å². The van der Waals surface area contributed by atoms with Crippen molar-refractivity contribution in [3.63, 3.8) is 0 Å². The number of benzene rings is 1. The van der Waals surface area contributed by atoms with Gasteiger partial charge >= 0.3 is 5.97 Å². The SMILES string of the molecule is N[C@@H](Cc1ccc(O)cc1)C(=O)OS(=O)[O-]. The monoisotopic (exact) mass is 244 g/mol. The number of hydrogen-bond donors (Lipinski definition) is 2. The highest BCUT2D eigenvalue weighted by Gasteiger charge is 2.16. The van der Waals surface area contributed by atoms with E-state index in [1.54, 1.807) is 12.1 Å². The molecule has 0 fully saturated rings. The third kappa shape index (κ3) is 3.97. The summed E-state index contributed by atoms with van der Waals surface area (Å²) in [5, 5.41) is 9.01. The molecule has 1 aromatic rings. The van der Waals surface area contributed by atoms with Crippen molar-refractivity contribution >= 4 is 17.3 Å². The van der Waals surface area contributed by atoms with Crippen molar-refractivity contribution in [3.05, 3.63) is 29.8 Å². The fourth-order valence-electron chi connectivity index (χ4n) is 1.10. The Labute approximate surface area is 94.5 Å². The maximum Gasteiger partial charge on any atom is 0.336 e. The predicted octanol–water partition coefficient (Wildman–Crippen LogP) is -0.401. The molecule has 0 spiro atoms.